The fraction of sp³-hybridized carbons (Fsp3) is 0.833. The van der Waals surface area contributed by atoms with Crippen LogP contribution in [-0.2, 0) is 19.5 Å². The molecule has 1 unspecified atom stereocenters. The van der Waals surface area contributed by atoms with Crippen molar-refractivity contribution in [2.24, 2.45) is 16.8 Å². The van der Waals surface area contributed by atoms with Crippen molar-refractivity contribution in [2.75, 3.05) is 18.1 Å². The van der Waals surface area contributed by atoms with E-state index in [-0.39, 0.29) is 30.1 Å². The number of nitrogens with two attached hydrogens (primary N) is 1. The van der Waals surface area contributed by atoms with Gasteiger partial charge in [0.1, 0.15) is 5.84 Å². The van der Waals surface area contributed by atoms with Crippen LogP contribution in [-0.4, -0.2) is 44.3 Å². The van der Waals surface area contributed by atoms with Crippen LogP contribution >= 0.6 is 0 Å². The first-order chi connectivity index (χ1) is 9.28. The maximum atomic E-state index is 11.5. The quantitative estimate of drug-likeness (QED) is 0.391. The van der Waals surface area contributed by atoms with Gasteiger partial charge in [-0.3, -0.25) is 4.79 Å². The van der Waals surface area contributed by atoms with E-state index in [1.807, 2.05) is 0 Å². The van der Waals surface area contributed by atoms with Gasteiger partial charge in [-0.1, -0.05) is 19.0 Å². The van der Waals surface area contributed by atoms with Crippen molar-refractivity contribution in [1.29, 1.82) is 0 Å². The Hall–Kier alpha value is -1.31. The molecule has 1 atom stereocenters. The molecular weight excluding hydrogens is 282 g/mol. The summed E-state index contributed by atoms with van der Waals surface area (Å²) in [5.74, 6) is 0.622. The molecule has 0 aromatic heterocycles. The molecule has 3 N–H and O–H groups in total. The number of carbonyl (C=O) groups excluding carboxylic acids is 1. The lowest BCUT2D eigenvalue weighted by Crippen LogP contribution is -2.37. The predicted molar refractivity (Wildman–Crippen MR) is 76.8 cm³/mol. The molecule has 0 saturated carbocycles. The number of rotatable bonds is 7. The molecule has 0 radical (unpaired) electrons. The summed E-state index contributed by atoms with van der Waals surface area (Å²) >= 11 is 0. The summed E-state index contributed by atoms with van der Waals surface area (Å²) in [4.78, 5) is 16.4. The number of nitrogens with zero attached hydrogens (tertiary/aromatic N) is 1. The topological polar surface area (TPSA) is 111 Å². The molecule has 1 rings (SSSR count). The molecule has 0 spiro atoms. The molecule has 20 heavy (non-hydrogen) atoms. The Kier molecular flexibility index (Phi) is 6.25. The molecule has 1 aliphatic heterocycles. The van der Waals surface area contributed by atoms with Crippen molar-refractivity contribution in [1.82, 2.24) is 5.32 Å². The van der Waals surface area contributed by atoms with Gasteiger partial charge in [0.25, 0.3) is 5.91 Å². The van der Waals surface area contributed by atoms with Crippen molar-refractivity contribution in [3.05, 3.63) is 0 Å². The van der Waals surface area contributed by atoms with E-state index in [2.05, 4.69) is 24.3 Å². The lowest BCUT2D eigenvalue weighted by Gasteiger charge is -2.10. The van der Waals surface area contributed by atoms with Crippen LogP contribution in [0.1, 0.15) is 33.1 Å². The Labute approximate surface area is 119 Å². The van der Waals surface area contributed by atoms with E-state index in [1.165, 1.54) is 0 Å². The van der Waals surface area contributed by atoms with Gasteiger partial charge >= 0.3 is 0 Å². The number of carbonyl (C=O) groups is 1. The van der Waals surface area contributed by atoms with E-state index in [9.17, 15) is 13.2 Å². The summed E-state index contributed by atoms with van der Waals surface area (Å²) in [5.41, 5.74) is 5.62. The van der Waals surface area contributed by atoms with Crippen LogP contribution in [0.15, 0.2) is 5.16 Å². The van der Waals surface area contributed by atoms with E-state index in [1.54, 1.807) is 0 Å². The second-order valence-corrected chi connectivity index (χ2v) is 7.68. The SMILES string of the molecule is CC(C)CC/C(N)=N/OCC(=O)NC1CCS(=O)(=O)C1. The normalized spacial score (nSPS) is 21.9. The second kappa shape index (κ2) is 7.47. The third-order valence-corrected chi connectivity index (χ3v) is 4.72. The number of sulfone groups is 1. The van der Waals surface area contributed by atoms with E-state index in [4.69, 9.17) is 10.6 Å². The molecule has 1 fully saturated rings. The summed E-state index contributed by atoms with van der Waals surface area (Å²) < 4.78 is 22.5. The molecule has 1 heterocycles. The zero-order chi connectivity index (χ0) is 15.2. The standard InChI is InChI=1S/C12H23N3O4S/c1-9(2)3-4-11(13)15-19-7-12(16)14-10-5-6-20(17,18)8-10/h9-10H,3-8H2,1-2H3,(H2,13,15)(H,14,16). The van der Waals surface area contributed by atoms with Gasteiger partial charge in [-0.15, -0.1) is 0 Å². The largest absolute Gasteiger partial charge is 0.384 e. The van der Waals surface area contributed by atoms with Gasteiger partial charge in [0.2, 0.25) is 0 Å². The van der Waals surface area contributed by atoms with Crippen molar-refractivity contribution >= 4 is 21.6 Å². The lowest BCUT2D eigenvalue weighted by molar-refractivity contribution is -0.126. The highest BCUT2D eigenvalue weighted by atomic mass is 32.2. The van der Waals surface area contributed by atoms with Crippen LogP contribution in [0, 0.1) is 5.92 Å². The fourth-order valence-corrected chi connectivity index (χ4v) is 3.51. The van der Waals surface area contributed by atoms with Crippen molar-refractivity contribution in [2.45, 2.75) is 39.2 Å². The highest BCUT2D eigenvalue weighted by Gasteiger charge is 2.28. The minimum atomic E-state index is -2.99. The first-order valence-electron chi connectivity index (χ1n) is 6.72. The summed E-state index contributed by atoms with van der Waals surface area (Å²) in [6.07, 6.45) is 1.98. The smallest absolute Gasteiger partial charge is 0.261 e. The zero-order valence-electron chi connectivity index (χ0n) is 12.0. The van der Waals surface area contributed by atoms with Crippen LogP contribution in [0.5, 0.6) is 0 Å². The molecule has 1 amide bonds. The van der Waals surface area contributed by atoms with Crippen molar-refractivity contribution in [3.63, 3.8) is 0 Å². The second-order valence-electron chi connectivity index (χ2n) is 5.46. The van der Waals surface area contributed by atoms with Crippen LogP contribution < -0.4 is 11.1 Å². The zero-order valence-corrected chi connectivity index (χ0v) is 12.8. The van der Waals surface area contributed by atoms with E-state index in [0.717, 1.165) is 6.42 Å². The first kappa shape index (κ1) is 16.7. The average Bonchev–Trinajstić information content (AvgIpc) is 2.66. The van der Waals surface area contributed by atoms with E-state index in [0.29, 0.717) is 24.6 Å². The molecule has 0 aliphatic carbocycles. The molecular formula is C12H23N3O4S. The summed E-state index contributed by atoms with van der Waals surface area (Å²) in [6.45, 7) is 3.91. The van der Waals surface area contributed by atoms with E-state index >= 15 is 0 Å². The molecule has 0 bridgehead atoms. The highest BCUT2D eigenvalue weighted by Crippen LogP contribution is 2.10. The minimum absolute atomic E-state index is 0.00145. The maximum Gasteiger partial charge on any atom is 0.261 e. The van der Waals surface area contributed by atoms with Crippen LogP contribution in [0.25, 0.3) is 0 Å². The van der Waals surface area contributed by atoms with Crippen LogP contribution in [0.3, 0.4) is 0 Å². The molecule has 0 aromatic carbocycles. The van der Waals surface area contributed by atoms with Gasteiger partial charge in [-0.05, 0) is 18.8 Å². The van der Waals surface area contributed by atoms with Gasteiger partial charge in [-0.25, -0.2) is 8.42 Å². The maximum absolute atomic E-state index is 11.5. The molecule has 116 valence electrons. The Bertz CT molecular complexity index is 459. The molecule has 1 saturated heterocycles. The number of amides is 1. The third-order valence-electron chi connectivity index (χ3n) is 2.95. The van der Waals surface area contributed by atoms with Gasteiger partial charge in [0.15, 0.2) is 16.4 Å². The summed E-state index contributed by atoms with van der Waals surface area (Å²) in [7, 11) is -2.99. The van der Waals surface area contributed by atoms with Crippen molar-refractivity contribution < 1.29 is 18.0 Å². The minimum Gasteiger partial charge on any atom is -0.384 e. The number of hydrogen-bond acceptors (Lipinski definition) is 5. The molecule has 1 aliphatic rings. The molecule has 7 nitrogen and oxygen atoms in total. The Morgan fingerprint density at radius 3 is 2.75 bits per heavy atom. The number of amidine groups is 1. The Balaban J connectivity index is 2.22. The summed E-state index contributed by atoms with van der Waals surface area (Å²) in [6, 6.07) is -0.321. The molecule has 0 aromatic rings. The first-order valence-corrected chi connectivity index (χ1v) is 8.54. The Morgan fingerprint density at radius 1 is 1.50 bits per heavy atom. The van der Waals surface area contributed by atoms with Gasteiger partial charge in [-0.2, -0.15) is 0 Å². The Morgan fingerprint density at radius 2 is 2.20 bits per heavy atom. The number of hydrogen-bond donors (Lipinski definition) is 2. The van der Waals surface area contributed by atoms with Gasteiger partial charge in [0.05, 0.1) is 11.5 Å². The van der Waals surface area contributed by atoms with E-state index < -0.39 is 9.84 Å². The molecule has 8 heteroatoms. The monoisotopic (exact) mass is 305 g/mol. The lowest BCUT2D eigenvalue weighted by atomic mass is 10.1. The number of oxime groups is 1. The van der Waals surface area contributed by atoms with Crippen LogP contribution in [0.2, 0.25) is 0 Å². The fourth-order valence-electron chi connectivity index (χ4n) is 1.83. The summed E-state index contributed by atoms with van der Waals surface area (Å²) in [5, 5.41) is 6.26. The van der Waals surface area contributed by atoms with Gasteiger partial charge < -0.3 is 15.9 Å². The number of nitrogens with one attached hydrogen (secondary N) is 1. The third kappa shape index (κ3) is 6.74. The van der Waals surface area contributed by atoms with Gasteiger partial charge in [0, 0.05) is 12.5 Å². The van der Waals surface area contributed by atoms with Crippen LogP contribution in [0.4, 0.5) is 0 Å². The van der Waals surface area contributed by atoms with Crippen molar-refractivity contribution in [3.8, 4) is 0 Å². The highest BCUT2D eigenvalue weighted by molar-refractivity contribution is 7.91. The average molecular weight is 305 g/mol. The predicted octanol–water partition coefficient (Wildman–Crippen LogP) is 0.0147.